The molecule has 28 heavy (non-hydrogen) atoms. The first-order valence-electron chi connectivity index (χ1n) is 9.00. The van der Waals surface area contributed by atoms with Crippen molar-refractivity contribution < 1.29 is 9.59 Å². The molecule has 0 spiro atoms. The summed E-state index contributed by atoms with van der Waals surface area (Å²) in [6, 6.07) is 17.0. The summed E-state index contributed by atoms with van der Waals surface area (Å²) in [4.78, 5) is 30.2. The number of amides is 2. The summed E-state index contributed by atoms with van der Waals surface area (Å²) in [6.45, 7) is 0.753. The first kappa shape index (κ1) is 18.2. The number of benzene rings is 2. The second-order valence-corrected chi connectivity index (χ2v) is 7.31. The Bertz CT molecular complexity index is 972. The Morgan fingerprint density at radius 3 is 2.64 bits per heavy atom. The number of carbonyl (C=O) groups is 2. The standard InChI is InChI=1S/C20H19N5O2S/c26-17(13-28-20-22-19(23-24-20)14-5-2-1-3-6-14)21-15-8-10-16(11-9-15)25-12-4-7-18(25)27/h1-3,5-6,8-11H,4,7,12-13H2,(H,21,26)(H,22,23,24). The minimum atomic E-state index is -0.138. The third-order valence-electron chi connectivity index (χ3n) is 4.38. The maximum Gasteiger partial charge on any atom is 0.234 e. The molecule has 1 aliphatic rings. The van der Waals surface area contributed by atoms with Crippen molar-refractivity contribution in [1.82, 2.24) is 15.2 Å². The second kappa shape index (κ2) is 8.26. The minimum Gasteiger partial charge on any atom is -0.325 e. The van der Waals surface area contributed by atoms with Crippen molar-refractivity contribution in [3.05, 3.63) is 54.6 Å². The van der Waals surface area contributed by atoms with Crippen LogP contribution in [0.2, 0.25) is 0 Å². The zero-order valence-electron chi connectivity index (χ0n) is 15.1. The molecule has 2 aromatic carbocycles. The number of hydrogen-bond acceptors (Lipinski definition) is 5. The highest BCUT2D eigenvalue weighted by Crippen LogP contribution is 2.23. The molecular formula is C20H19N5O2S. The maximum atomic E-state index is 12.2. The van der Waals surface area contributed by atoms with E-state index in [0.717, 1.165) is 24.2 Å². The van der Waals surface area contributed by atoms with Crippen LogP contribution in [0.4, 0.5) is 11.4 Å². The number of carbonyl (C=O) groups excluding carboxylic acids is 2. The monoisotopic (exact) mass is 393 g/mol. The molecule has 4 rings (SSSR count). The van der Waals surface area contributed by atoms with Gasteiger partial charge in [-0.2, -0.15) is 0 Å². The Balaban J connectivity index is 1.30. The topological polar surface area (TPSA) is 91.0 Å². The zero-order chi connectivity index (χ0) is 19.3. The van der Waals surface area contributed by atoms with E-state index >= 15 is 0 Å². The summed E-state index contributed by atoms with van der Waals surface area (Å²) in [7, 11) is 0. The number of aromatic amines is 1. The molecule has 1 aromatic heterocycles. The van der Waals surface area contributed by atoms with Crippen LogP contribution in [0.1, 0.15) is 12.8 Å². The molecule has 1 saturated heterocycles. The van der Waals surface area contributed by atoms with Gasteiger partial charge < -0.3 is 10.2 Å². The largest absolute Gasteiger partial charge is 0.325 e. The maximum absolute atomic E-state index is 12.2. The Hall–Kier alpha value is -3.13. The van der Waals surface area contributed by atoms with Gasteiger partial charge >= 0.3 is 0 Å². The minimum absolute atomic E-state index is 0.138. The number of hydrogen-bond donors (Lipinski definition) is 2. The predicted octanol–water partition coefficient (Wildman–Crippen LogP) is 3.33. The van der Waals surface area contributed by atoms with E-state index in [1.165, 1.54) is 11.8 Å². The summed E-state index contributed by atoms with van der Waals surface area (Å²) < 4.78 is 0. The van der Waals surface area contributed by atoms with E-state index in [0.29, 0.717) is 23.1 Å². The van der Waals surface area contributed by atoms with Gasteiger partial charge in [-0.1, -0.05) is 42.1 Å². The number of H-pyrrole nitrogens is 1. The van der Waals surface area contributed by atoms with Crippen molar-refractivity contribution in [3.63, 3.8) is 0 Å². The Labute approximate surface area is 166 Å². The first-order valence-corrected chi connectivity index (χ1v) is 9.98. The fourth-order valence-corrected chi connectivity index (χ4v) is 3.61. The normalized spacial score (nSPS) is 13.7. The van der Waals surface area contributed by atoms with Crippen molar-refractivity contribution in [2.24, 2.45) is 0 Å². The van der Waals surface area contributed by atoms with Gasteiger partial charge in [-0.25, -0.2) is 4.98 Å². The molecule has 142 valence electrons. The van der Waals surface area contributed by atoms with Crippen molar-refractivity contribution in [2.45, 2.75) is 18.0 Å². The van der Waals surface area contributed by atoms with Gasteiger partial charge in [-0.15, -0.1) is 5.10 Å². The number of nitrogens with one attached hydrogen (secondary N) is 2. The van der Waals surface area contributed by atoms with E-state index in [1.54, 1.807) is 4.90 Å². The summed E-state index contributed by atoms with van der Waals surface area (Å²) in [5, 5.41) is 10.4. The van der Waals surface area contributed by atoms with Crippen LogP contribution in [0, 0.1) is 0 Å². The zero-order valence-corrected chi connectivity index (χ0v) is 15.9. The average molecular weight is 393 g/mol. The molecule has 7 nitrogen and oxygen atoms in total. The Morgan fingerprint density at radius 2 is 1.93 bits per heavy atom. The van der Waals surface area contributed by atoms with Crippen molar-refractivity contribution in [3.8, 4) is 11.4 Å². The molecule has 2 N–H and O–H groups in total. The van der Waals surface area contributed by atoms with Gasteiger partial charge in [-0.3, -0.25) is 14.7 Å². The number of rotatable bonds is 6. The number of nitrogens with zero attached hydrogens (tertiary/aromatic N) is 3. The summed E-state index contributed by atoms with van der Waals surface area (Å²) in [6.07, 6.45) is 1.49. The van der Waals surface area contributed by atoms with Crippen LogP contribution >= 0.6 is 11.8 Å². The summed E-state index contributed by atoms with van der Waals surface area (Å²) in [5.74, 6) is 0.893. The van der Waals surface area contributed by atoms with Crippen LogP contribution < -0.4 is 10.2 Å². The fourth-order valence-electron chi connectivity index (χ4n) is 3.01. The van der Waals surface area contributed by atoms with E-state index in [4.69, 9.17) is 0 Å². The van der Waals surface area contributed by atoms with Gasteiger partial charge in [-0.05, 0) is 30.7 Å². The molecule has 0 aliphatic carbocycles. The molecule has 0 radical (unpaired) electrons. The van der Waals surface area contributed by atoms with Gasteiger partial charge in [0.2, 0.25) is 17.0 Å². The van der Waals surface area contributed by atoms with Gasteiger partial charge in [0.05, 0.1) is 5.75 Å². The van der Waals surface area contributed by atoms with Crippen LogP contribution in [0.15, 0.2) is 59.8 Å². The lowest BCUT2D eigenvalue weighted by molar-refractivity contribution is -0.117. The molecule has 2 heterocycles. The molecule has 0 atom stereocenters. The molecule has 3 aromatic rings. The molecule has 0 unspecified atom stereocenters. The third-order valence-corrected chi connectivity index (χ3v) is 5.23. The van der Waals surface area contributed by atoms with Gasteiger partial charge in [0, 0.05) is 29.9 Å². The number of aromatic nitrogens is 3. The lowest BCUT2D eigenvalue weighted by Gasteiger charge is -2.16. The second-order valence-electron chi connectivity index (χ2n) is 6.37. The van der Waals surface area contributed by atoms with Crippen LogP contribution in [-0.4, -0.2) is 39.3 Å². The predicted molar refractivity (Wildman–Crippen MR) is 109 cm³/mol. The van der Waals surface area contributed by atoms with Crippen molar-refractivity contribution >= 4 is 35.0 Å². The van der Waals surface area contributed by atoms with Crippen molar-refractivity contribution in [1.29, 1.82) is 0 Å². The van der Waals surface area contributed by atoms with E-state index in [9.17, 15) is 9.59 Å². The fraction of sp³-hybridized carbons (Fsp3) is 0.200. The van der Waals surface area contributed by atoms with Gasteiger partial charge in [0.25, 0.3) is 0 Å². The van der Waals surface area contributed by atoms with Crippen molar-refractivity contribution in [2.75, 3.05) is 22.5 Å². The highest BCUT2D eigenvalue weighted by Gasteiger charge is 2.21. The van der Waals surface area contributed by atoms with Gasteiger partial charge in [0.1, 0.15) is 0 Å². The molecule has 8 heteroatoms. The van der Waals surface area contributed by atoms with Crippen LogP contribution in [0.5, 0.6) is 0 Å². The molecule has 0 bridgehead atoms. The lowest BCUT2D eigenvalue weighted by atomic mass is 10.2. The lowest BCUT2D eigenvalue weighted by Crippen LogP contribution is -2.23. The SMILES string of the molecule is O=C(CSc1n[nH]c(-c2ccccc2)n1)Nc1ccc(N2CCCC2=O)cc1. The highest BCUT2D eigenvalue weighted by molar-refractivity contribution is 7.99. The van der Waals surface area contributed by atoms with E-state index in [1.807, 2.05) is 54.6 Å². The van der Waals surface area contributed by atoms with E-state index in [2.05, 4.69) is 20.5 Å². The quantitative estimate of drug-likeness (QED) is 0.627. The summed E-state index contributed by atoms with van der Waals surface area (Å²) in [5.41, 5.74) is 2.51. The highest BCUT2D eigenvalue weighted by atomic mass is 32.2. The smallest absolute Gasteiger partial charge is 0.234 e. The van der Waals surface area contributed by atoms with E-state index in [-0.39, 0.29) is 17.6 Å². The number of anilines is 2. The van der Waals surface area contributed by atoms with Crippen LogP contribution in [0.25, 0.3) is 11.4 Å². The Morgan fingerprint density at radius 1 is 1.14 bits per heavy atom. The molecule has 2 amide bonds. The number of thioether (sulfide) groups is 1. The van der Waals surface area contributed by atoms with Gasteiger partial charge in [0.15, 0.2) is 5.82 Å². The Kier molecular flexibility index (Phi) is 5.38. The average Bonchev–Trinajstić information content (AvgIpc) is 3.37. The molecule has 1 fully saturated rings. The molecule has 0 saturated carbocycles. The van der Waals surface area contributed by atoms with E-state index < -0.39 is 0 Å². The first-order chi connectivity index (χ1) is 13.7. The third kappa shape index (κ3) is 4.23. The van der Waals surface area contributed by atoms with Crippen LogP contribution in [-0.2, 0) is 9.59 Å². The summed E-state index contributed by atoms with van der Waals surface area (Å²) >= 11 is 1.27. The van der Waals surface area contributed by atoms with Crippen LogP contribution in [0.3, 0.4) is 0 Å². The molecular weight excluding hydrogens is 374 g/mol. The molecule has 1 aliphatic heterocycles.